The third-order valence-electron chi connectivity index (χ3n) is 3.01. The van der Waals surface area contributed by atoms with Crippen LogP contribution in [0.1, 0.15) is 27.0 Å². The fraction of sp³-hybridized carbons (Fsp3) is 0.250. The highest BCUT2D eigenvalue weighted by Crippen LogP contribution is 2.21. The van der Waals surface area contributed by atoms with Gasteiger partial charge in [-0.3, -0.25) is 4.79 Å². The van der Waals surface area contributed by atoms with E-state index in [1.54, 1.807) is 48.3 Å². The SMILES string of the molecule is CSc1ccc(C(=O)OCC(=O)[C@H](C#N)c2nc(C)cs2)cc1. The molecule has 7 heteroatoms. The van der Waals surface area contributed by atoms with Gasteiger partial charge in [0.25, 0.3) is 0 Å². The van der Waals surface area contributed by atoms with Crippen LogP contribution in [-0.2, 0) is 9.53 Å². The summed E-state index contributed by atoms with van der Waals surface area (Å²) in [6, 6.07) is 8.81. The number of carbonyl (C=O) groups excluding carboxylic acids is 2. The average molecular weight is 346 g/mol. The molecule has 2 rings (SSSR count). The smallest absolute Gasteiger partial charge is 0.338 e. The summed E-state index contributed by atoms with van der Waals surface area (Å²) >= 11 is 2.81. The molecule has 0 aliphatic rings. The highest BCUT2D eigenvalue weighted by atomic mass is 32.2. The molecular weight excluding hydrogens is 332 g/mol. The van der Waals surface area contributed by atoms with E-state index < -0.39 is 24.3 Å². The van der Waals surface area contributed by atoms with Crippen molar-refractivity contribution in [2.45, 2.75) is 17.7 Å². The molecule has 2 aromatic rings. The van der Waals surface area contributed by atoms with Crippen LogP contribution in [0.4, 0.5) is 0 Å². The number of thiazole rings is 1. The largest absolute Gasteiger partial charge is 0.454 e. The second kappa shape index (κ2) is 7.90. The summed E-state index contributed by atoms with van der Waals surface area (Å²) in [5.74, 6) is -2.06. The summed E-state index contributed by atoms with van der Waals surface area (Å²) in [6.45, 7) is 1.34. The molecule has 1 aromatic heterocycles. The Balaban J connectivity index is 1.97. The van der Waals surface area contributed by atoms with Crippen LogP contribution >= 0.6 is 23.1 Å². The van der Waals surface area contributed by atoms with Gasteiger partial charge < -0.3 is 4.74 Å². The van der Waals surface area contributed by atoms with Crippen molar-refractivity contribution in [3.63, 3.8) is 0 Å². The lowest BCUT2D eigenvalue weighted by atomic mass is 10.1. The second-order valence-corrected chi connectivity index (χ2v) is 6.43. The van der Waals surface area contributed by atoms with E-state index in [0.29, 0.717) is 10.6 Å². The second-order valence-electron chi connectivity index (χ2n) is 4.66. The third-order valence-corrected chi connectivity index (χ3v) is 4.78. The fourth-order valence-electron chi connectivity index (χ4n) is 1.80. The van der Waals surface area contributed by atoms with Crippen LogP contribution in [0.15, 0.2) is 34.5 Å². The highest BCUT2D eigenvalue weighted by Gasteiger charge is 2.24. The Bertz CT molecular complexity index is 747. The number of hydrogen-bond acceptors (Lipinski definition) is 7. The van der Waals surface area contributed by atoms with Gasteiger partial charge in [-0.25, -0.2) is 9.78 Å². The van der Waals surface area contributed by atoms with E-state index in [9.17, 15) is 9.59 Å². The molecule has 0 fully saturated rings. The van der Waals surface area contributed by atoms with Crippen LogP contribution in [0, 0.1) is 18.3 Å². The number of carbonyl (C=O) groups is 2. The van der Waals surface area contributed by atoms with Crippen molar-refractivity contribution in [1.29, 1.82) is 5.26 Å². The zero-order valence-electron chi connectivity index (χ0n) is 12.6. The van der Waals surface area contributed by atoms with Gasteiger partial charge in [0.2, 0.25) is 0 Å². The predicted octanol–water partition coefficient (Wildman–Crippen LogP) is 3.21. The van der Waals surface area contributed by atoms with Crippen LogP contribution in [0.2, 0.25) is 0 Å². The minimum absolute atomic E-state index is 0.370. The number of Topliss-reactive ketones (excluding diaryl/α,β-unsaturated/α-hetero) is 1. The summed E-state index contributed by atoms with van der Waals surface area (Å²) in [7, 11) is 0. The van der Waals surface area contributed by atoms with Crippen LogP contribution in [-0.4, -0.2) is 29.6 Å². The van der Waals surface area contributed by atoms with E-state index >= 15 is 0 Å². The molecule has 0 amide bonds. The van der Waals surface area contributed by atoms with Crippen LogP contribution in [0.3, 0.4) is 0 Å². The molecule has 0 spiro atoms. The van der Waals surface area contributed by atoms with E-state index in [-0.39, 0.29) is 0 Å². The maximum atomic E-state index is 12.1. The number of benzene rings is 1. The lowest BCUT2D eigenvalue weighted by Crippen LogP contribution is -2.19. The first kappa shape index (κ1) is 17.2. The maximum absolute atomic E-state index is 12.1. The van der Waals surface area contributed by atoms with Gasteiger partial charge in [0, 0.05) is 16.0 Å². The van der Waals surface area contributed by atoms with E-state index in [1.165, 1.54) is 11.3 Å². The van der Waals surface area contributed by atoms with Crippen LogP contribution in [0.5, 0.6) is 0 Å². The Labute approximate surface area is 142 Å². The number of aromatic nitrogens is 1. The molecular formula is C16H14N2O3S2. The molecule has 0 bridgehead atoms. The molecule has 0 unspecified atom stereocenters. The quantitative estimate of drug-likeness (QED) is 0.590. The summed E-state index contributed by atoms with van der Waals surface area (Å²) in [5, 5.41) is 11.3. The lowest BCUT2D eigenvalue weighted by molar-refractivity contribution is -0.122. The predicted molar refractivity (Wildman–Crippen MR) is 88.7 cm³/mol. The molecule has 23 heavy (non-hydrogen) atoms. The lowest BCUT2D eigenvalue weighted by Gasteiger charge is -2.07. The van der Waals surface area contributed by atoms with E-state index in [2.05, 4.69) is 4.98 Å². The Kier molecular flexibility index (Phi) is 5.90. The minimum Gasteiger partial charge on any atom is -0.454 e. The van der Waals surface area contributed by atoms with E-state index in [0.717, 1.165) is 10.6 Å². The van der Waals surface area contributed by atoms with Gasteiger partial charge in [-0.2, -0.15) is 5.26 Å². The molecule has 1 aromatic carbocycles. The van der Waals surface area contributed by atoms with Gasteiger partial charge in [0.1, 0.15) is 5.01 Å². The Morgan fingerprint density at radius 1 is 1.39 bits per heavy atom. The van der Waals surface area contributed by atoms with Gasteiger partial charge >= 0.3 is 5.97 Å². The van der Waals surface area contributed by atoms with E-state index in [4.69, 9.17) is 10.00 Å². The number of thioether (sulfide) groups is 1. The maximum Gasteiger partial charge on any atom is 0.338 e. The third kappa shape index (κ3) is 4.41. The minimum atomic E-state index is -1.000. The summed E-state index contributed by atoms with van der Waals surface area (Å²) in [6.07, 6.45) is 1.94. The van der Waals surface area contributed by atoms with Crippen LogP contribution in [0.25, 0.3) is 0 Å². The number of esters is 1. The standard InChI is InChI=1S/C16H14N2O3S2/c1-10-9-23-15(18-10)13(7-17)14(19)8-21-16(20)11-3-5-12(22-2)6-4-11/h3-6,9,13H,8H2,1-2H3/t13-/m0/s1. The van der Waals surface area contributed by atoms with Crippen LogP contribution < -0.4 is 0 Å². The van der Waals surface area contributed by atoms with Gasteiger partial charge in [-0.15, -0.1) is 23.1 Å². The number of ether oxygens (including phenoxy) is 1. The first-order valence-corrected chi connectivity index (χ1v) is 8.81. The normalized spacial score (nSPS) is 11.5. The van der Waals surface area contributed by atoms with E-state index in [1.807, 2.05) is 12.3 Å². The Hall–Kier alpha value is -2.17. The first-order chi connectivity index (χ1) is 11.0. The molecule has 0 aliphatic carbocycles. The number of rotatable bonds is 6. The average Bonchev–Trinajstić information content (AvgIpc) is 2.99. The van der Waals surface area contributed by atoms with Crippen molar-refractivity contribution in [3.8, 4) is 6.07 Å². The number of hydrogen-bond donors (Lipinski definition) is 0. The molecule has 0 N–H and O–H groups in total. The topological polar surface area (TPSA) is 80.0 Å². The molecule has 1 atom stereocenters. The summed E-state index contributed by atoms with van der Waals surface area (Å²) < 4.78 is 5.00. The van der Waals surface area contributed by atoms with Crippen molar-refractivity contribution in [3.05, 3.63) is 45.9 Å². The zero-order chi connectivity index (χ0) is 16.8. The molecule has 0 radical (unpaired) electrons. The molecule has 0 saturated heterocycles. The van der Waals surface area contributed by atoms with Crippen molar-refractivity contribution in [2.75, 3.05) is 12.9 Å². The zero-order valence-corrected chi connectivity index (χ0v) is 14.2. The van der Waals surface area contributed by atoms with Crippen molar-refractivity contribution in [1.82, 2.24) is 4.98 Å². The molecule has 1 heterocycles. The number of aryl methyl sites for hydroxylation is 1. The number of nitrogens with zero attached hydrogens (tertiary/aromatic N) is 2. The van der Waals surface area contributed by atoms with Gasteiger partial charge in [0.15, 0.2) is 18.3 Å². The van der Waals surface area contributed by atoms with Gasteiger partial charge in [-0.05, 0) is 37.4 Å². The fourth-order valence-corrected chi connectivity index (χ4v) is 3.07. The van der Waals surface area contributed by atoms with Crippen molar-refractivity contribution in [2.24, 2.45) is 0 Å². The Morgan fingerprint density at radius 3 is 2.61 bits per heavy atom. The van der Waals surface area contributed by atoms with Crippen molar-refractivity contribution >= 4 is 34.9 Å². The number of ketones is 1. The van der Waals surface area contributed by atoms with Gasteiger partial charge in [-0.1, -0.05) is 0 Å². The molecule has 5 nitrogen and oxygen atoms in total. The Morgan fingerprint density at radius 2 is 2.09 bits per heavy atom. The molecule has 0 saturated carbocycles. The number of nitriles is 1. The van der Waals surface area contributed by atoms with Gasteiger partial charge in [0.05, 0.1) is 11.6 Å². The monoisotopic (exact) mass is 346 g/mol. The first-order valence-electron chi connectivity index (χ1n) is 6.70. The summed E-state index contributed by atoms with van der Waals surface area (Å²) in [4.78, 5) is 29.2. The van der Waals surface area contributed by atoms with Crippen molar-refractivity contribution < 1.29 is 14.3 Å². The molecule has 0 aliphatic heterocycles. The highest BCUT2D eigenvalue weighted by molar-refractivity contribution is 7.98. The summed E-state index contributed by atoms with van der Waals surface area (Å²) in [5.41, 5.74) is 1.12. The molecule has 118 valence electrons.